The number of carbonyl (C=O) groups is 1. The molecule has 5 nitrogen and oxygen atoms in total. The maximum Gasteiger partial charge on any atom is 0.264 e. The second kappa shape index (κ2) is 8.49. The third-order valence-electron chi connectivity index (χ3n) is 4.94. The van der Waals surface area contributed by atoms with Crippen LogP contribution in [-0.2, 0) is 21.2 Å². The third kappa shape index (κ3) is 4.66. The van der Waals surface area contributed by atoms with E-state index in [4.69, 9.17) is 0 Å². The molecular weight excluding hydrogens is 384 g/mol. The minimum atomic E-state index is -3.62. The Bertz CT molecular complexity index is 1110. The molecule has 0 unspecified atom stereocenters. The molecule has 0 saturated heterocycles. The van der Waals surface area contributed by atoms with Gasteiger partial charge in [-0.25, -0.2) is 8.42 Å². The number of nitrogens with zero attached hydrogens (tertiary/aromatic N) is 1. The second-order valence-corrected chi connectivity index (χ2v) is 8.89. The van der Waals surface area contributed by atoms with Gasteiger partial charge in [0.05, 0.1) is 17.0 Å². The Morgan fingerprint density at radius 1 is 0.897 bits per heavy atom. The highest BCUT2D eigenvalue weighted by Crippen LogP contribution is 2.23. The Hall–Kier alpha value is -3.12. The van der Waals surface area contributed by atoms with Crippen molar-refractivity contribution >= 4 is 27.3 Å². The third-order valence-corrected chi connectivity index (χ3v) is 6.74. The van der Waals surface area contributed by atoms with Crippen molar-refractivity contribution in [2.45, 2.75) is 25.2 Å². The lowest BCUT2D eigenvalue weighted by molar-refractivity contribution is -0.115. The Morgan fingerprint density at radius 2 is 1.55 bits per heavy atom. The van der Waals surface area contributed by atoms with Crippen molar-refractivity contribution in [3.63, 3.8) is 0 Å². The summed E-state index contributed by atoms with van der Waals surface area (Å²) in [5.41, 5.74) is 4.31. The van der Waals surface area contributed by atoms with Crippen LogP contribution in [0.15, 0.2) is 77.7 Å². The van der Waals surface area contributed by atoms with Gasteiger partial charge in [-0.2, -0.15) is 0 Å². The Morgan fingerprint density at radius 3 is 2.21 bits per heavy atom. The van der Waals surface area contributed by atoms with E-state index in [1.165, 1.54) is 11.4 Å². The summed E-state index contributed by atoms with van der Waals surface area (Å²) in [7, 11) is -2.11. The van der Waals surface area contributed by atoms with Gasteiger partial charge in [0.1, 0.15) is 0 Å². The van der Waals surface area contributed by atoms with Gasteiger partial charge in [-0.05, 0) is 60.9 Å². The zero-order valence-corrected chi connectivity index (χ0v) is 17.5. The van der Waals surface area contributed by atoms with Gasteiger partial charge < -0.3 is 5.32 Å². The highest BCUT2D eigenvalue weighted by molar-refractivity contribution is 7.92. The molecule has 0 spiro atoms. The Labute approximate surface area is 172 Å². The van der Waals surface area contributed by atoms with Crippen molar-refractivity contribution in [2.24, 2.45) is 0 Å². The van der Waals surface area contributed by atoms with E-state index in [2.05, 4.69) is 5.32 Å². The lowest BCUT2D eigenvalue weighted by atomic mass is 10.1. The SMILES string of the molecule is Cc1cccc(NC(=O)Cc2ccc(N(C)S(=O)(=O)c3ccccc3)cc2)c1C. The molecule has 0 bridgehead atoms. The van der Waals surface area contributed by atoms with E-state index in [0.29, 0.717) is 5.69 Å². The van der Waals surface area contributed by atoms with Crippen LogP contribution in [0.1, 0.15) is 16.7 Å². The largest absolute Gasteiger partial charge is 0.326 e. The lowest BCUT2D eigenvalue weighted by Crippen LogP contribution is -2.26. The first-order valence-corrected chi connectivity index (χ1v) is 10.7. The van der Waals surface area contributed by atoms with E-state index in [9.17, 15) is 13.2 Å². The van der Waals surface area contributed by atoms with Crippen LogP contribution in [0.2, 0.25) is 0 Å². The lowest BCUT2D eigenvalue weighted by Gasteiger charge is -2.19. The van der Waals surface area contributed by atoms with Crippen LogP contribution in [0.5, 0.6) is 0 Å². The van der Waals surface area contributed by atoms with Crippen molar-refractivity contribution in [3.05, 3.63) is 89.5 Å². The van der Waals surface area contributed by atoms with Crippen LogP contribution in [0.3, 0.4) is 0 Å². The Kier molecular flexibility index (Phi) is 6.03. The number of nitrogens with one attached hydrogen (secondary N) is 1. The fourth-order valence-electron chi connectivity index (χ4n) is 2.98. The predicted molar refractivity (Wildman–Crippen MR) is 117 cm³/mol. The van der Waals surface area contributed by atoms with Crippen LogP contribution >= 0.6 is 0 Å². The van der Waals surface area contributed by atoms with E-state index < -0.39 is 10.0 Å². The fourth-order valence-corrected chi connectivity index (χ4v) is 4.20. The minimum absolute atomic E-state index is 0.114. The molecule has 3 aromatic rings. The molecule has 0 aromatic heterocycles. The second-order valence-electron chi connectivity index (χ2n) is 6.92. The van der Waals surface area contributed by atoms with Gasteiger partial charge in [-0.1, -0.05) is 42.5 Å². The van der Waals surface area contributed by atoms with Crippen molar-refractivity contribution in [3.8, 4) is 0 Å². The Balaban J connectivity index is 1.70. The van der Waals surface area contributed by atoms with Crippen molar-refractivity contribution in [1.82, 2.24) is 0 Å². The van der Waals surface area contributed by atoms with Crippen LogP contribution in [0, 0.1) is 13.8 Å². The van der Waals surface area contributed by atoms with Crippen LogP contribution in [0.4, 0.5) is 11.4 Å². The zero-order valence-electron chi connectivity index (χ0n) is 16.7. The molecule has 0 saturated carbocycles. The molecule has 6 heteroatoms. The van der Waals surface area contributed by atoms with Gasteiger partial charge >= 0.3 is 0 Å². The monoisotopic (exact) mass is 408 g/mol. The molecule has 0 fully saturated rings. The molecule has 0 radical (unpaired) electrons. The number of hydrogen-bond acceptors (Lipinski definition) is 3. The average Bonchev–Trinajstić information content (AvgIpc) is 2.72. The van der Waals surface area contributed by atoms with Crippen molar-refractivity contribution in [2.75, 3.05) is 16.7 Å². The molecule has 150 valence electrons. The van der Waals surface area contributed by atoms with E-state index in [1.807, 2.05) is 32.0 Å². The normalized spacial score (nSPS) is 11.1. The number of carbonyl (C=O) groups excluding carboxylic acids is 1. The molecule has 0 aliphatic carbocycles. The van der Waals surface area contributed by atoms with Gasteiger partial charge in [0.2, 0.25) is 5.91 Å². The van der Waals surface area contributed by atoms with Gasteiger partial charge in [-0.3, -0.25) is 9.10 Å². The number of aryl methyl sites for hydroxylation is 1. The van der Waals surface area contributed by atoms with Gasteiger partial charge in [0.25, 0.3) is 10.0 Å². The number of rotatable bonds is 6. The molecule has 3 aromatic carbocycles. The van der Waals surface area contributed by atoms with Crippen LogP contribution in [-0.4, -0.2) is 21.4 Å². The molecular formula is C23H24N2O3S. The standard InChI is InChI=1S/C23H24N2O3S/c1-17-8-7-11-22(18(17)2)24-23(26)16-19-12-14-20(15-13-19)25(3)29(27,28)21-9-5-4-6-10-21/h4-15H,16H2,1-3H3,(H,24,26). The maximum atomic E-state index is 12.7. The van der Waals surface area contributed by atoms with Crippen LogP contribution < -0.4 is 9.62 Å². The summed E-state index contributed by atoms with van der Waals surface area (Å²) in [5, 5.41) is 2.94. The van der Waals surface area contributed by atoms with Crippen molar-refractivity contribution in [1.29, 1.82) is 0 Å². The summed E-state index contributed by atoms with van der Waals surface area (Å²) in [4.78, 5) is 12.6. The summed E-state index contributed by atoms with van der Waals surface area (Å²) < 4.78 is 26.7. The van der Waals surface area contributed by atoms with Gasteiger partial charge in [0, 0.05) is 12.7 Å². The van der Waals surface area contributed by atoms with E-state index in [1.54, 1.807) is 54.6 Å². The summed E-state index contributed by atoms with van der Waals surface area (Å²) >= 11 is 0. The fraction of sp³-hybridized carbons (Fsp3) is 0.174. The van der Waals surface area contributed by atoms with Crippen LogP contribution in [0.25, 0.3) is 0 Å². The van der Waals surface area contributed by atoms with E-state index >= 15 is 0 Å². The number of benzene rings is 3. The first-order chi connectivity index (χ1) is 13.8. The van der Waals surface area contributed by atoms with Crippen molar-refractivity contribution < 1.29 is 13.2 Å². The molecule has 0 atom stereocenters. The molecule has 1 amide bonds. The molecule has 29 heavy (non-hydrogen) atoms. The number of anilines is 2. The number of hydrogen-bond donors (Lipinski definition) is 1. The first kappa shape index (κ1) is 20.6. The summed E-state index contributed by atoms with van der Waals surface area (Å²) in [6.45, 7) is 3.98. The predicted octanol–water partition coefficient (Wildman–Crippen LogP) is 4.31. The first-order valence-electron chi connectivity index (χ1n) is 9.28. The van der Waals surface area contributed by atoms with E-state index in [-0.39, 0.29) is 17.2 Å². The number of sulfonamides is 1. The smallest absolute Gasteiger partial charge is 0.264 e. The minimum Gasteiger partial charge on any atom is -0.326 e. The maximum absolute atomic E-state index is 12.7. The zero-order chi connectivity index (χ0) is 21.0. The average molecular weight is 409 g/mol. The molecule has 0 heterocycles. The molecule has 3 rings (SSSR count). The quantitative estimate of drug-likeness (QED) is 0.661. The highest BCUT2D eigenvalue weighted by Gasteiger charge is 2.20. The highest BCUT2D eigenvalue weighted by atomic mass is 32.2. The molecule has 0 aliphatic rings. The number of amides is 1. The van der Waals surface area contributed by atoms with Gasteiger partial charge in [0.15, 0.2) is 0 Å². The summed E-state index contributed by atoms with van der Waals surface area (Å²) in [6, 6.07) is 21.1. The van der Waals surface area contributed by atoms with Gasteiger partial charge in [-0.15, -0.1) is 0 Å². The molecule has 1 N–H and O–H groups in total. The molecule has 0 aliphatic heterocycles. The van der Waals surface area contributed by atoms with E-state index in [0.717, 1.165) is 22.4 Å². The summed E-state index contributed by atoms with van der Waals surface area (Å²) in [5.74, 6) is -0.114. The topological polar surface area (TPSA) is 66.5 Å². The summed E-state index contributed by atoms with van der Waals surface area (Å²) in [6.07, 6.45) is 0.211.